The van der Waals surface area contributed by atoms with Gasteiger partial charge >= 0.3 is 0 Å². The van der Waals surface area contributed by atoms with Crippen molar-refractivity contribution in [2.75, 3.05) is 11.9 Å². The third-order valence-electron chi connectivity index (χ3n) is 3.95. The Kier molecular flexibility index (Phi) is 5.16. The van der Waals surface area contributed by atoms with Crippen LogP contribution in [0.4, 0.5) is 10.1 Å². The van der Waals surface area contributed by atoms with Gasteiger partial charge < -0.3 is 19.2 Å². The first-order valence-corrected chi connectivity index (χ1v) is 9.41. The number of benzene rings is 2. The van der Waals surface area contributed by atoms with Gasteiger partial charge in [-0.2, -0.15) is 0 Å². The number of anilines is 1. The van der Waals surface area contributed by atoms with Gasteiger partial charge in [0.05, 0.1) is 5.25 Å². The molecule has 0 unspecified atom stereocenters. The molecule has 0 spiro atoms. The second-order valence-corrected chi connectivity index (χ2v) is 7.32. The molecule has 4 rings (SSSR count). The Bertz CT molecular complexity index is 997. The van der Waals surface area contributed by atoms with Gasteiger partial charge in [0.1, 0.15) is 12.4 Å². The fraction of sp³-hybridized carbons (Fsp3) is 0.211. The molecule has 1 amide bonds. The van der Waals surface area contributed by atoms with E-state index in [1.54, 1.807) is 19.1 Å². The minimum Gasteiger partial charge on any atom is -0.485 e. The van der Waals surface area contributed by atoms with E-state index >= 15 is 0 Å². The highest BCUT2D eigenvalue weighted by atomic mass is 32.2. The molecule has 2 heterocycles. The highest BCUT2D eigenvalue weighted by molar-refractivity contribution is 8.00. The number of rotatable bonds is 5. The predicted molar refractivity (Wildman–Crippen MR) is 100.0 cm³/mol. The van der Waals surface area contributed by atoms with Crippen molar-refractivity contribution < 1.29 is 23.1 Å². The lowest BCUT2D eigenvalue weighted by atomic mass is 10.2. The zero-order valence-corrected chi connectivity index (χ0v) is 15.6. The van der Waals surface area contributed by atoms with Gasteiger partial charge in [-0.3, -0.25) is 4.79 Å². The Labute approximate surface area is 164 Å². The lowest BCUT2D eigenvalue weighted by Crippen LogP contribution is -2.22. The molecule has 2 atom stereocenters. The van der Waals surface area contributed by atoms with Crippen molar-refractivity contribution in [3.05, 3.63) is 60.2 Å². The molecule has 1 N–H and O–H groups in total. The maximum absolute atomic E-state index is 13.2. The van der Waals surface area contributed by atoms with E-state index in [4.69, 9.17) is 13.9 Å². The third kappa shape index (κ3) is 4.09. The number of nitrogens with zero attached hydrogens (tertiary/aromatic N) is 2. The molecular formula is C19H16FN3O4S. The molecule has 7 nitrogen and oxygen atoms in total. The maximum Gasteiger partial charge on any atom is 0.277 e. The van der Waals surface area contributed by atoms with Gasteiger partial charge in [-0.05, 0) is 37.3 Å². The highest BCUT2D eigenvalue weighted by Crippen LogP contribution is 2.36. The van der Waals surface area contributed by atoms with E-state index in [9.17, 15) is 9.18 Å². The Morgan fingerprint density at radius 2 is 2.04 bits per heavy atom. The summed E-state index contributed by atoms with van der Waals surface area (Å²) >= 11 is 1.10. The molecule has 3 aromatic rings. The zero-order valence-electron chi connectivity index (χ0n) is 14.8. The first-order chi connectivity index (χ1) is 13.6. The number of fused-ring (bicyclic) bond motifs is 1. The molecule has 28 heavy (non-hydrogen) atoms. The summed E-state index contributed by atoms with van der Waals surface area (Å²) in [6, 6.07) is 13.0. The van der Waals surface area contributed by atoms with Crippen molar-refractivity contribution in [1.29, 1.82) is 0 Å². The van der Waals surface area contributed by atoms with Crippen molar-refractivity contribution in [2.24, 2.45) is 0 Å². The molecule has 0 saturated heterocycles. The van der Waals surface area contributed by atoms with Crippen LogP contribution >= 0.6 is 11.8 Å². The molecule has 2 aromatic carbocycles. The van der Waals surface area contributed by atoms with E-state index in [2.05, 4.69) is 15.5 Å². The SMILES string of the molecule is C[C@H](Sc1nnc([C@H]2COc3ccccc3O2)o1)C(=O)Nc1cccc(F)c1. The average Bonchev–Trinajstić information content (AvgIpc) is 3.16. The molecule has 144 valence electrons. The molecule has 1 aliphatic rings. The molecule has 9 heteroatoms. The maximum atomic E-state index is 13.2. The second-order valence-electron chi connectivity index (χ2n) is 6.03. The van der Waals surface area contributed by atoms with Gasteiger partial charge in [-0.25, -0.2) is 4.39 Å². The summed E-state index contributed by atoms with van der Waals surface area (Å²) in [5.41, 5.74) is 0.384. The van der Waals surface area contributed by atoms with Crippen molar-refractivity contribution in [1.82, 2.24) is 10.2 Å². The van der Waals surface area contributed by atoms with E-state index in [1.165, 1.54) is 18.2 Å². The van der Waals surface area contributed by atoms with Crippen molar-refractivity contribution in [3.8, 4) is 11.5 Å². The van der Waals surface area contributed by atoms with E-state index in [-0.39, 0.29) is 23.6 Å². The van der Waals surface area contributed by atoms with E-state index in [0.29, 0.717) is 17.2 Å². The Morgan fingerprint density at radius 3 is 2.86 bits per heavy atom. The van der Waals surface area contributed by atoms with Crippen molar-refractivity contribution >= 4 is 23.4 Å². The van der Waals surface area contributed by atoms with E-state index in [0.717, 1.165) is 11.8 Å². The van der Waals surface area contributed by atoms with Gasteiger partial charge in [-0.1, -0.05) is 30.0 Å². The van der Waals surface area contributed by atoms with E-state index in [1.807, 2.05) is 18.2 Å². The van der Waals surface area contributed by atoms with Crippen LogP contribution in [-0.4, -0.2) is 28.0 Å². The van der Waals surface area contributed by atoms with Gasteiger partial charge in [-0.15, -0.1) is 10.2 Å². The van der Waals surface area contributed by atoms with Crippen LogP contribution in [0.5, 0.6) is 11.5 Å². The highest BCUT2D eigenvalue weighted by Gasteiger charge is 2.28. The van der Waals surface area contributed by atoms with Crippen LogP contribution < -0.4 is 14.8 Å². The second kappa shape index (κ2) is 7.89. The summed E-state index contributed by atoms with van der Waals surface area (Å²) in [4.78, 5) is 12.3. The van der Waals surface area contributed by atoms with Crippen LogP contribution in [0.2, 0.25) is 0 Å². The number of halogens is 1. The number of thioether (sulfide) groups is 1. The first-order valence-electron chi connectivity index (χ1n) is 8.53. The monoisotopic (exact) mass is 401 g/mol. The minimum absolute atomic E-state index is 0.236. The molecule has 0 bridgehead atoms. The van der Waals surface area contributed by atoms with Crippen LogP contribution in [0.15, 0.2) is 58.2 Å². The molecular weight excluding hydrogens is 385 g/mol. The number of amides is 1. The number of para-hydroxylation sites is 2. The van der Waals surface area contributed by atoms with Gasteiger partial charge in [0.2, 0.25) is 12.0 Å². The quantitative estimate of drug-likeness (QED) is 0.650. The lowest BCUT2D eigenvalue weighted by molar-refractivity contribution is -0.115. The summed E-state index contributed by atoms with van der Waals surface area (Å²) < 4.78 is 30.3. The topological polar surface area (TPSA) is 86.5 Å². The van der Waals surface area contributed by atoms with Crippen molar-refractivity contribution in [2.45, 2.75) is 23.5 Å². The van der Waals surface area contributed by atoms with E-state index < -0.39 is 17.2 Å². The summed E-state index contributed by atoms with van der Waals surface area (Å²) in [5.74, 6) is 0.816. The van der Waals surface area contributed by atoms with Crippen LogP contribution in [0, 0.1) is 5.82 Å². The summed E-state index contributed by atoms with van der Waals surface area (Å²) in [6.45, 7) is 1.94. The summed E-state index contributed by atoms with van der Waals surface area (Å²) in [7, 11) is 0. The summed E-state index contributed by atoms with van der Waals surface area (Å²) in [6.07, 6.45) is -0.520. The normalized spacial score (nSPS) is 16.4. The number of hydrogen-bond acceptors (Lipinski definition) is 7. The standard InChI is InChI=1S/C19H16FN3O4S/c1-11(17(24)21-13-6-4-5-12(20)9-13)28-19-23-22-18(27-19)16-10-25-14-7-2-3-8-15(14)26-16/h2-9,11,16H,10H2,1H3,(H,21,24)/t11-,16+/m0/s1. The molecule has 1 aromatic heterocycles. The van der Waals surface area contributed by atoms with Crippen LogP contribution in [-0.2, 0) is 4.79 Å². The molecule has 0 radical (unpaired) electrons. The van der Waals surface area contributed by atoms with Gasteiger partial charge in [0.15, 0.2) is 11.5 Å². The average molecular weight is 401 g/mol. The molecule has 0 fully saturated rings. The minimum atomic E-state index is -0.527. The number of carbonyl (C=O) groups excluding carboxylic acids is 1. The Hall–Kier alpha value is -3.07. The van der Waals surface area contributed by atoms with Crippen LogP contribution in [0.3, 0.4) is 0 Å². The Morgan fingerprint density at radius 1 is 1.21 bits per heavy atom. The lowest BCUT2D eigenvalue weighted by Gasteiger charge is -2.23. The number of ether oxygens (including phenoxy) is 2. The first kappa shape index (κ1) is 18.3. The third-order valence-corrected chi connectivity index (χ3v) is 4.88. The fourth-order valence-electron chi connectivity index (χ4n) is 2.55. The van der Waals surface area contributed by atoms with Crippen molar-refractivity contribution in [3.63, 3.8) is 0 Å². The van der Waals surface area contributed by atoms with Crippen LogP contribution in [0.1, 0.15) is 18.9 Å². The number of carbonyl (C=O) groups is 1. The molecule has 0 saturated carbocycles. The number of aromatic nitrogens is 2. The molecule has 0 aliphatic carbocycles. The largest absolute Gasteiger partial charge is 0.485 e. The predicted octanol–water partition coefficient (Wildman–Crippen LogP) is 3.84. The smallest absolute Gasteiger partial charge is 0.277 e. The molecule has 1 aliphatic heterocycles. The van der Waals surface area contributed by atoms with Gasteiger partial charge in [0, 0.05) is 5.69 Å². The number of nitrogens with one attached hydrogen (secondary N) is 1. The van der Waals surface area contributed by atoms with Gasteiger partial charge in [0.25, 0.3) is 11.1 Å². The summed E-state index contributed by atoms with van der Waals surface area (Å²) in [5, 5.41) is 10.3. The fourth-order valence-corrected chi connectivity index (χ4v) is 3.24. The zero-order chi connectivity index (χ0) is 19.5. The Balaban J connectivity index is 1.37. The van der Waals surface area contributed by atoms with Crippen LogP contribution in [0.25, 0.3) is 0 Å². The number of hydrogen-bond donors (Lipinski definition) is 1.